The second-order valence-corrected chi connectivity index (χ2v) is 8.71. The van der Waals surface area contributed by atoms with Crippen LogP contribution in [0.1, 0.15) is 30.9 Å². The molecular weight excluding hydrogens is 437 g/mol. The Labute approximate surface area is 189 Å². The molecule has 2 atom stereocenters. The van der Waals surface area contributed by atoms with Gasteiger partial charge in [-0.15, -0.1) is 13.2 Å². The van der Waals surface area contributed by atoms with Crippen LogP contribution in [0.5, 0.6) is 11.5 Å². The van der Waals surface area contributed by atoms with E-state index in [4.69, 9.17) is 9.47 Å². The average Bonchev–Trinajstić information content (AvgIpc) is 2.79. The number of halogens is 3. The van der Waals surface area contributed by atoms with Crippen molar-refractivity contribution in [2.24, 2.45) is 5.92 Å². The van der Waals surface area contributed by atoms with Gasteiger partial charge in [-0.2, -0.15) is 0 Å². The number of alkyl carbamates (subject to hydrolysis) is 1. The Balaban J connectivity index is 1.31. The van der Waals surface area contributed by atoms with Crippen LogP contribution in [0, 0.1) is 5.92 Å². The van der Waals surface area contributed by atoms with Crippen LogP contribution in [0.4, 0.5) is 18.0 Å². The maximum Gasteiger partial charge on any atom is 0.573 e. The second-order valence-electron chi connectivity index (χ2n) is 8.71. The molecular formula is C24H25F3N2O4. The molecule has 0 spiro atoms. The summed E-state index contributed by atoms with van der Waals surface area (Å²) >= 11 is 0. The Hall–Kier alpha value is -2.94. The van der Waals surface area contributed by atoms with Crippen LogP contribution in [-0.4, -0.2) is 49.7 Å². The van der Waals surface area contributed by atoms with Crippen LogP contribution >= 0.6 is 0 Å². The number of hydrogen-bond donors (Lipinski definition) is 1. The van der Waals surface area contributed by atoms with Crippen molar-refractivity contribution < 1.29 is 32.2 Å². The summed E-state index contributed by atoms with van der Waals surface area (Å²) in [5.41, 5.74) is 1.60. The summed E-state index contributed by atoms with van der Waals surface area (Å²) in [5, 5.41) is 2.95. The molecule has 3 saturated heterocycles. The Bertz CT molecular complexity index is 1020. The summed E-state index contributed by atoms with van der Waals surface area (Å²) in [5.74, 6) is 0.662. The third kappa shape index (κ3) is 4.88. The number of rotatable bonds is 4. The fourth-order valence-corrected chi connectivity index (χ4v) is 4.98. The second kappa shape index (κ2) is 8.78. The van der Waals surface area contributed by atoms with Crippen molar-refractivity contribution >= 4 is 6.09 Å². The molecule has 2 bridgehead atoms. The number of ether oxygens (including phenoxy) is 3. The van der Waals surface area contributed by atoms with Crippen molar-refractivity contribution in [1.82, 2.24) is 10.2 Å². The van der Waals surface area contributed by atoms with Crippen LogP contribution in [0.2, 0.25) is 0 Å². The molecule has 1 amide bonds. The van der Waals surface area contributed by atoms with E-state index >= 15 is 0 Å². The van der Waals surface area contributed by atoms with Crippen LogP contribution in [0.25, 0.3) is 11.1 Å². The van der Waals surface area contributed by atoms with Crippen molar-refractivity contribution in [2.75, 3.05) is 26.2 Å². The molecule has 0 aromatic heterocycles. The zero-order valence-corrected chi connectivity index (χ0v) is 17.9. The highest BCUT2D eigenvalue weighted by atomic mass is 19.4. The van der Waals surface area contributed by atoms with E-state index in [2.05, 4.69) is 15.0 Å². The largest absolute Gasteiger partial charge is 0.573 e. The van der Waals surface area contributed by atoms with Crippen molar-refractivity contribution in [3.05, 3.63) is 48.0 Å². The lowest BCUT2D eigenvalue weighted by Crippen LogP contribution is -2.52. The highest BCUT2D eigenvalue weighted by molar-refractivity contribution is 5.73. The third-order valence-electron chi connectivity index (χ3n) is 6.62. The van der Waals surface area contributed by atoms with Gasteiger partial charge in [-0.05, 0) is 49.5 Å². The predicted molar refractivity (Wildman–Crippen MR) is 114 cm³/mol. The van der Waals surface area contributed by atoms with Crippen LogP contribution in [0.3, 0.4) is 0 Å². The number of nitrogens with one attached hydrogen (secondary N) is 1. The lowest BCUT2D eigenvalue weighted by Gasteiger charge is -2.44. The van der Waals surface area contributed by atoms with Gasteiger partial charge in [0.25, 0.3) is 0 Å². The van der Waals surface area contributed by atoms with Gasteiger partial charge in [0.1, 0.15) is 17.6 Å². The van der Waals surface area contributed by atoms with E-state index in [1.807, 2.05) is 0 Å². The lowest BCUT2D eigenvalue weighted by atomic mass is 9.86. The Kier molecular flexibility index (Phi) is 5.82. The first kappa shape index (κ1) is 21.9. The zero-order valence-electron chi connectivity index (χ0n) is 17.9. The first-order chi connectivity index (χ1) is 15.9. The number of para-hydroxylation sites is 1. The number of carbonyl (C=O) groups is 1. The highest BCUT2D eigenvalue weighted by Gasteiger charge is 2.37. The molecule has 3 fully saturated rings. The van der Waals surface area contributed by atoms with Gasteiger partial charge in [0.15, 0.2) is 0 Å². The molecule has 6 nitrogen and oxygen atoms in total. The van der Waals surface area contributed by atoms with Crippen molar-refractivity contribution in [3.8, 4) is 22.6 Å². The fourth-order valence-electron chi connectivity index (χ4n) is 4.98. The van der Waals surface area contributed by atoms with E-state index < -0.39 is 12.5 Å². The first-order valence-corrected chi connectivity index (χ1v) is 11.2. The zero-order chi connectivity index (χ0) is 23.0. The van der Waals surface area contributed by atoms with Gasteiger partial charge >= 0.3 is 12.5 Å². The predicted octanol–water partition coefficient (Wildman–Crippen LogP) is 4.90. The molecule has 2 aromatic carbocycles. The number of benzene rings is 2. The number of fused-ring (bicyclic) bond motifs is 4. The van der Waals surface area contributed by atoms with Gasteiger partial charge in [0.2, 0.25) is 0 Å². The van der Waals surface area contributed by atoms with Gasteiger partial charge in [-0.3, -0.25) is 4.90 Å². The molecule has 0 radical (unpaired) electrons. The minimum absolute atomic E-state index is 0.0840. The van der Waals surface area contributed by atoms with E-state index in [1.54, 1.807) is 30.3 Å². The molecule has 33 heavy (non-hydrogen) atoms. The molecule has 1 N–H and O–H groups in total. The molecule has 9 heteroatoms. The Morgan fingerprint density at radius 2 is 1.88 bits per heavy atom. The first-order valence-electron chi connectivity index (χ1n) is 11.2. The van der Waals surface area contributed by atoms with Gasteiger partial charge in [-0.1, -0.05) is 30.3 Å². The van der Waals surface area contributed by atoms with E-state index in [0.717, 1.165) is 38.0 Å². The molecule has 176 valence electrons. The van der Waals surface area contributed by atoms with Crippen LogP contribution in [0.15, 0.2) is 42.5 Å². The monoisotopic (exact) mass is 462 g/mol. The van der Waals surface area contributed by atoms with Crippen molar-refractivity contribution in [2.45, 2.75) is 37.8 Å². The Morgan fingerprint density at radius 1 is 1.09 bits per heavy atom. The summed E-state index contributed by atoms with van der Waals surface area (Å²) in [6.07, 6.45) is -2.62. The molecule has 4 heterocycles. The highest BCUT2D eigenvalue weighted by Crippen LogP contribution is 2.39. The minimum atomic E-state index is -4.79. The third-order valence-corrected chi connectivity index (χ3v) is 6.62. The molecule has 0 saturated carbocycles. The summed E-state index contributed by atoms with van der Waals surface area (Å²) in [6.45, 7) is 3.30. The normalized spacial score (nSPS) is 26.2. The number of hydrogen-bond acceptors (Lipinski definition) is 5. The number of carbonyl (C=O) groups excluding carboxylic acids is 1. The smallest absolute Gasteiger partial charge is 0.493 e. The molecule has 1 unspecified atom stereocenters. The number of piperidine rings is 3. The van der Waals surface area contributed by atoms with E-state index in [-0.39, 0.29) is 17.9 Å². The topological polar surface area (TPSA) is 60.0 Å². The van der Waals surface area contributed by atoms with Crippen LogP contribution < -0.4 is 14.8 Å². The maximum atomic E-state index is 12.8. The van der Waals surface area contributed by atoms with E-state index in [1.165, 1.54) is 12.1 Å². The number of nitrogens with zero attached hydrogens (tertiary/aromatic N) is 1. The summed E-state index contributed by atoms with van der Waals surface area (Å²) in [6, 6.07) is 10.8. The maximum absolute atomic E-state index is 12.8. The van der Waals surface area contributed by atoms with Gasteiger partial charge in [0.05, 0.1) is 12.6 Å². The quantitative estimate of drug-likeness (QED) is 0.701. The van der Waals surface area contributed by atoms with E-state index in [9.17, 15) is 18.0 Å². The summed E-state index contributed by atoms with van der Waals surface area (Å²) < 4.78 is 54.1. The molecule has 2 aromatic rings. The van der Waals surface area contributed by atoms with Gasteiger partial charge in [-0.25, -0.2) is 4.79 Å². The van der Waals surface area contributed by atoms with Crippen molar-refractivity contribution in [1.29, 1.82) is 0 Å². The lowest BCUT2D eigenvalue weighted by molar-refractivity contribution is -0.274. The SMILES string of the molecule is O=C(NC1CCOc2cc(-c3ccccc3OC(F)(F)F)ccc21)O[C@@H]1CN2CCC1CC2. The Morgan fingerprint density at radius 3 is 2.61 bits per heavy atom. The fraction of sp³-hybridized carbons (Fsp3) is 0.458. The molecule has 0 aliphatic carbocycles. The number of alkyl halides is 3. The molecule has 4 aliphatic rings. The average molecular weight is 462 g/mol. The number of amides is 1. The minimum Gasteiger partial charge on any atom is -0.493 e. The van der Waals surface area contributed by atoms with Gasteiger partial charge in [0, 0.05) is 24.1 Å². The molecule has 4 aliphatic heterocycles. The standard InChI is InChI=1S/C24H25F3N2O4/c25-24(26,27)33-20-4-2-1-3-17(20)16-5-6-18-19(9-12-31-21(18)13-16)28-23(30)32-22-14-29-10-7-15(22)8-11-29/h1-6,13,15,19,22H,7-12,14H2,(H,28,30)/t19?,22-/m1/s1. The van der Waals surface area contributed by atoms with E-state index in [0.29, 0.717) is 35.8 Å². The van der Waals surface area contributed by atoms with Crippen LogP contribution in [-0.2, 0) is 4.74 Å². The summed E-state index contributed by atoms with van der Waals surface area (Å²) in [4.78, 5) is 14.9. The van der Waals surface area contributed by atoms with Gasteiger partial charge < -0.3 is 19.5 Å². The van der Waals surface area contributed by atoms with Crippen molar-refractivity contribution in [3.63, 3.8) is 0 Å². The summed E-state index contributed by atoms with van der Waals surface area (Å²) in [7, 11) is 0. The molecule has 6 rings (SSSR count).